The third kappa shape index (κ3) is 8.43. The van der Waals surface area contributed by atoms with Crippen LogP contribution < -0.4 is 18.9 Å². The lowest BCUT2D eigenvalue weighted by molar-refractivity contribution is 0.0959. The van der Waals surface area contributed by atoms with Crippen molar-refractivity contribution in [3.63, 3.8) is 0 Å². The zero-order valence-corrected chi connectivity index (χ0v) is 21.6. The van der Waals surface area contributed by atoms with Crippen LogP contribution in [0.15, 0.2) is 42.5 Å². The Morgan fingerprint density at radius 1 is 1.06 bits per heavy atom. The van der Waals surface area contributed by atoms with Gasteiger partial charge in [0.1, 0.15) is 12.4 Å². The summed E-state index contributed by atoms with van der Waals surface area (Å²) in [5.74, 6) is 2.44. The smallest absolute Gasteiger partial charge is 0.229 e. The lowest BCUT2D eigenvalue weighted by Crippen LogP contribution is -2.36. The van der Waals surface area contributed by atoms with E-state index in [1.807, 2.05) is 31.2 Å². The molecule has 3 rings (SSSR count). The quantitative estimate of drug-likeness (QED) is 0.408. The van der Waals surface area contributed by atoms with Crippen molar-refractivity contribution in [3.8, 4) is 17.2 Å². The third-order valence-corrected chi connectivity index (χ3v) is 6.71. The zero-order chi connectivity index (χ0) is 25.3. The number of carbonyl (C=O) groups excluding carboxylic acids is 1. The minimum atomic E-state index is -3.48. The predicted molar refractivity (Wildman–Crippen MR) is 137 cm³/mol. The molecule has 9 heteroatoms. The van der Waals surface area contributed by atoms with Crippen molar-refractivity contribution >= 4 is 21.5 Å². The van der Waals surface area contributed by atoms with Crippen molar-refractivity contribution in [2.75, 3.05) is 50.9 Å². The van der Waals surface area contributed by atoms with Gasteiger partial charge in [0.2, 0.25) is 10.0 Å². The number of nitrogens with one attached hydrogen (secondary N) is 1. The maximum atomic E-state index is 12.8. The fourth-order valence-electron chi connectivity index (χ4n) is 4.27. The number of ether oxygens (including phenoxy) is 3. The Morgan fingerprint density at radius 3 is 2.37 bits per heavy atom. The van der Waals surface area contributed by atoms with Gasteiger partial charge in [-0.25, -0.2) is 8.42 Å². The van der Waals surface area contributed by atoms with E-state index in [-0.39, 0.29) is 11.5 Å². The Morgan fingerprint density at radius 2 is 1.74 bits per heavy atom. The van der Waals surface area contributed by atoms with E-state index in [1.165, 1.54) is 7.11 Å². The number of rotatable bonds is 13. The second kappa shape index (κ2) is 12.8. The van der Waals surface area contributed by atoms with E-state index < -0.39 is 10.0 Å². The van der Waals surface area contributed by atoms with E-state index in [1.54, 1.807) is 18.2 Å². The van der Waals surface area contributed by atoms with Gasteiger partial charge in [-0.15, -0.1) is 0 Å². The summed E-state index contributed by atoms with van der Waals surface area (Å²) >= 11 is 0. The van der Waals surface area contributed by atoms with Crippen molar-refractivity contribution in [3.05, 3.63) is 48.0 Å². The highest BCUT2D eigenvalue weighted by Crippen LogP contribution is 2.29. The number of sulfonamides is 1. The molecule has 0 amide bonds. The molecular weight excluding hydrogens is 468 g/mol. The van der Waals surface area contributed by atoms with Crippen molar-refractivity contribution in [1.29, 1.82) is 0 Å². The number of anilines is 1. The van der Waals surface area contributed by atoms with Gasteiger partial charge in [-0.3, -0.25) is 14.4 Å². The standard InChI is InChI=1S/C26H36N2O6S/c1-4-33-25-7-5-6-8-26(25)34-18-17-28-15-13-20(14-16-28)9-11-23(29)21-10-12-24(32-2)22(19-21)27-35(3,30)31/h5-8,10,12,19-20,27H,4,9,11,13-18H2,1-3H3. The van der Waals surface area contributed by atoms with Gasteiger partial charge in [-0.05, 0) is 75.5 Å². The molecule has 35 heavy (non-hydrogen) atoms. The maximum absolute atomic E-state index is 12.8. The minimum Gasteiger partial charge on any atom is -0.495 e. The molecule has 1 aliphatic heterocycles. The lowest BCUT2D eigenvalue weighted by atomic mass is 9.90. The second-order valence-corrected chi connectivity index (χ2v) is 10.5. The summed E-state index contributed by atoms with van der Waals surface area (Å²) in [6, 6.07) is 12.6. The molecule has 1 saturated heterocycles. The summed E-state index contributed by atoms with van der Waals surface area (Å²) in [5.41, 5.74) is 0.763. The monoisotopic (exact) mass is 504 g/mol. The number of benzene rings is 2. The molecule has 1 fully saturated rings. The number of likely N-dealkylation sites (tertiary alicyclic amines) is 1. The Hall–Kier alpha value is -2.78. The van der Waals surface area contributed by atoms with Gasteiger partial charge in [-0.2, -0.15) is 0 Å². The first-order chi connectivity index (χ1) is 16.8. The number of hydrogen-bond donors (Lipinski definition) is 1. The van der Waals surface area contributed by atoms with Gasteiger partial charge in [0.05, 0.1) is 25.7 Å². The van der Waals surface area contributed by atoms with Gasteiger partial charge in [0, 0.05) is 18.5 Å². The van der Waals surface area contributed by atoms with Crippen molar-refractivity contribution in [2.24, 2.45) is 5.92 Å². The number of ketones is 1. The fraction of sp³-hybridized carbons (Fsp3) is 0.500. The summed E-state index contributed by atoms with van der Waals surface area (Å²) in [6.45, 7) is 6.00. The molecule has 1 aliphatic rings. The summed E-state index contributed by atoms with van der Waals surface area (Å²) in [5, 5.41) is 0. The highest BCUT2D eigenvalue weighted by molar-refractivity contribution is 7.92. The van der Waals surface area contributed by atoms with E-state index in [2.05, 4.69) is 9.62 Å². The number of Topliss-reactive ketones (excluding diaryl/α,β-unsaturated/α-hetero) is 1. The number of para-hydroxylation sites is 2. The van der Waals surface area contributed by atoms with Crippen LogP contribution in [0.1, 0.15) is 43.0 Å². The van der Waals surface area contributed by atoms with Crippen LogP contribution in [0, 0.1) is 5.92 Å². The van der Waals surface area contributed by atoms with Crippen LogP contribution in [-0.4, -0.2) is 65.3 Å². The Bertz CT molecular complexity index is 1080. The van der Waals surface area contributed by atoms with E-state index in [0.29, 0.717) is 36.9 Å². The number of piperidine rings is 1. The molecular formula is C26H36N2O6S. The first-order valence-corrected chi connectivity index (χ1v) is 13.9. The molecule has 2 aromatic carbocycles. The molecule has 0 spiro atoms. The number of methoxy groups -OCH3 is 1. The highest BCUT2D eigenvalue weighted by atomic mass is 32.2. The van der Waals surface area contributed by atoms with Gasteiger partial charge < -0.3 is 14.2 Å². The predicted octanol–water partition coefficient (Wildman–Crippen LogP) is 4.22. The number of hydrogen-bond acceptors (Lipinski definition) is 7. The Kier molecular flexibility index (Phi) is 9.80. The lowest BCUT2D eigenvalue weighted by Gasteiger charge is -2.31. The van der Waals surface area contributed by atoms with E-state index in [4.69, 9.17) is 14.2 Å². The Balaban J connectivity index is 1.42. The molecule has 0 atom stereocenters. The van der Waals surface area contributed by atoms with Crippen molar-refractivity contribution < 1.29 is 27.4 Å². The van der Waals surface area contributed by atoms with E-state index in [0.717, 1.165) is 56.7 Å². The van der Waals surface area contributed by atoms with Crippen molar-refractivity contribution in [2.45, 2.75) is 32.6 Å². The maximum Gasteiger partial charge on any atom is 0.229 e. The first-order valence-electron chi connectivity index (χ1n) is 12.0. The van der Waals surface area contributed by atoms with Gasteiger partial charge in [-0.1, -0.05) is 12.1 Å². The normalized spacial score (nSPS) is 14.9. The van der Waals surface area contributed by atoms with Gasteiger partial charge >= 0.3 is 0 Å². The molecule has 0 bridgehead atoms. The van der Waals surface area contributed by atoms with Crippen molar-refractivity contribution in [1.82, 2.24) is 4.90 Å². The molecule has 0 aromatic heterocycles. The van der Waals surface area contributed by atoms with E-state index >= 15 is 0 Å². The van der Waals surface area contributed by atoms with Gasteiger partial charge in [0.25, 0.3) is 0 Å². The highest BCUT2D eigenvalue weighted by Gasteiger charge is 2.21. The number of carbonyl (C=O) groups is 1. The molecule has 1 heterocycles. The first kappa shape index (κ1) is 26.8. The average Bonchev–Trinajstić information content (AvgIpc) is 2.83. The van der Waals surface area contributed by atoms with Gasteiger partial charge in [0.15, 0.2) is 17.3 Å². The second-order valence-electron chi connectivity index (χ2n) is 8.76. The SMILES string of the molecule is CCOc1ccccc1OCCN1CCC(CCC(=O)c2ccc(OC)c(NS(C)(=O)=O)c2)CC1. The molecule has 2 aromatic rings. The Labute approximate surface area is 208 Å². The largest absolute Gasteiger partial charge is 0.495 e. The summed E-state index contributed by atoms with van der Waals surface area (Å²) in [7, 11) is -2.01. The van der Waals surface area contributed by atoms with Crippen LogP contribution in [-0.2, 0) is 10.0 Å². The topological polar surface area (TPSA) is 94.2 Å². The summed E-state index contributed by atoms with van der Waals surface area (Å²) in [4.78, 5) is 15.2. The summed E-state index contributed by atoms with van der Waals surface area (Å²) < 4.78 is 42.4. The van der Waals surface area contributed by atoms with Crippen LogP contribution >= 0.6 is 0 Å². The third-order valence-electron chi connectivity index (χ3n) is 6.12. The molecule has 0 radical (unpaired) electrons. The molecule has 8 nitrogen and oxygen atoms in total. The minimum absolute atomic E-state index is 0.00740. The summed E-state index contributed by atoms with van der Waals surface area (Å²) in [6.07, 6.45) is 4.43. The van der Waals surface area contributed by atoms with Crippen LogP contribution in [0.2, 0.25) is 0 Å². The molecule has 0 saturated carbocycles. The molecule has 0 aliphatic carbocycles. The molecule has 1 N–H and O–H groups in total. The van der Waals surface area contributed by atoms with Crippen LogP contribution in [0.5, 0.6) is 17.2 Å². The molecule has 192 valence electrons. The zero-order valence-electron chi connectivity index (χ0n) is 20.8. The average molecular weight is 505 g/mol. The van der Waals surface area contributed by atoms with E-state index in [9.17, 15) is 13.2 Å². The number of nitrogens with zero attached hydrogens (tertiary/aromatic N) is 1. The van der Waals surface area contributed by atoms with Crippen LogP contribution in [0.4, 0.5) is 5.69 Å². The van der Waals surface area contributed by atoms with Crippen LogP contribution in [0.25, 0.3) is 0 Å². The molecule has 0 unspecified atom stereocenters. The fourth-order valence-corrected chi connectivity index (χ4v) is 4.83. The van der Waals surface area contributed by atoms with Crippen LogP contribution in [0.3, 0.4) is 0 Å².